The summed E-state index contributed by atoms with van der Waals surface area (Å²) >= 11 is 0. The van der Waals surface area contributed by atoms with Crippen molar-refractivity contribution < 1.29 is 37.0 Å². The third-order valence-corrected chi connectivity index (χ3v) is 6.16. The first-order chi connectivity index (χ1) is 15.7. The molecule has 2 aromatic carbocycles. The van der Waals surface area contributed by atoms with E-state index in [1.165, 1.54) is 0 Å². The van der Waals surface area contributed by atoms with Gasteiger partial charge in [-0.05, 0) is 37.6 Å². The molecular formula is C24H24F3NO5. The van der Waals surface area contributed by atoms with Crippen molar-refractivity contribution in [2.75, 3.05) is 26.2 Å². The van der Waals surface area contributed by atoms with Crippen LogP contribution in [0.3, 0.4) is 0 Å². The van der Waals surface area contributed by atoms with Crippen LogP contribution in [0.1, 0.15) is 30.4 Å². The van der Waals surface area contributed by atoms with Gasteiger partial charge in [-0.1, -0.05) is 36.4 Å². The molecule has 1 spiro atoms. The average molecular weight is 463 g/mol. The summed E-state index contributed by atoms with van der Waals surface area (Å²) < 4.78 is 52.3. The molecule has 0 N–H and O–H groups in total. The number of carbonyl (C=O) groups is 2. The standard InChI is InChI=1S/C24H24F3NO5/c25-24(26,27)22(30)33-21(29)8-11-28-12-9-23(10-13-28)16-32-20-14-18(6-7-19(20)23)31-15-17-4-2-1-3-5-17/h1-7,14H,8-13,15-16H2. The van der Waals surface area contributed by atoms with Gasteiger partial charge in [0.25, 0.3) is 0 Å². The predicted octanol–water partition coefficient (Wildman–Crippen LogP) is 4.01. The molecule has 9 heteroatoms. The lowest BCUT2D eigenvalue weighted by Gasteiger charge is -2.38. The number of fused-ring (bicyclic) bond motifs is 2. The average Bonchev–Trinajstić information content (AvgIpc) is 3.15. The van der Waals surface area contributed by atoms with Crippen molar-refractivity contribution in [2.24, 2.45) is 0 Å². The van der Waals surface area contributed by atoms with Crippen molar-refractivity contribution in [1.29, 1.82) is 0 Å². The second-order valence-corrected chi connectivity index (χ2v) is 8.35. The van der Waals surface area contributed by atoms with Crippen molar-refractivity contribution in [1.82, 2.24) is 4.90 Å². The van der Waals surface area contributed by atoms with Gasteiger partial charge in [0.05, 0.1) is 13.0 Å². The molecule has 176 valence electrons. The highest BCUT2D eigenvalue weighted by atomic mass is 19.4. The Morgan fingerprint density at radius 3 is 2.48 bits per heavy atom. The van der Waals surface area contributed by atoms with Gasteiger partial charge in [0.2, 0.25) is 0 Å². The normalized spacial score (nSPS) is 17.3. The Labute approximate surface area is 189 Å². The topological polar surface area (TPSA) is 65.1 Å². The van der Waals surface area contributed by atoms with Crippen LogP contribution in [0.15, 0.2) is 48.5 Å². The monoisotopic (exact) mass is 463 g/mol. The van der Waals surface area contributed by atoms with Crippen LogP contribution >= 0.6 is 0 Å². The first kappa shape index (κ1) is 23.1. The molecule has 2 aliphatic rings. The number of nitrogens with zero attached hydrogens (tertiary/aromatic N) is 1. The maximum absolute atomic E-state index is 12.2. The molecular weight excluding hydrogens is 439 g/mol. The van der Waals surface area contributed by atoms with Crippen molar-refractivity contribution in [3.63, 3.8) is 0 Å². The molecule has 0 bridgehead atoms. The zero-order valence-electron chi connectivity index (χ0n) is 17.9. The highest BCUT2D eigenvalue weighted by Gasteiger charge is 2.44. The van der Waals surface area contributed by atoms with Gasteiger partial charge >= 0.3 is 18.1 Å². The Morgan fingerprint density at radius 1 is 1.06 bits per heavy atom. The Kier molecular flexibility index (Phi) is 6.60. The summed E-state index contributed by atoms with van der Waals surface area (Å²) in [5.74, 6) is -2.10. The van der Waals surface area contributed by atoms with Crippen LogP contribution in [0.25, 0.3) is 0 Å². The first-order valence-electron chi connectivity index (χ1n) is 10.7. The van der Waals surface area contributed by atoms with Crippen LogP contribution in [0, 0.1) is 0 Å². The van der Waals surface area contributed by atoms with E-state index in [1.54, 1.807) is 0 Å². The Bertz CT molecular complexity index is 1000. The minimum atomic E-state index is -5.17. The van der Waals surface area contributed by atoms with E-state index < -0.39 is 18.1 Å². The molecule has 2 heterocycles. The molecule has 0 saturated carbocycles. The van der Waals surface area contributed by atoms with Gasteiger partial charge in [0, 0.05) is 23.6 Å². The van der Waals surface area contributed by atoms with Gasteiger partial charge in [0.15, 0.2) is 0 Å². The summed E-state index contributed by atoms with van der Waals surface area (Å²) in [4.78, 5) is 24.3. The molecule has 4 rings (SSSR count). The number of hydrogen-bond acceptors (Lipinski definition) is 6. The van der Waals surface area contributed by atoms with Crippen molar-refractivity contribution in [2.45, 2.75) is 37.5 Å². The maximum Gasteiger partial charge on any atom is 0.491 e. The summed E-state index contributed by atoms with van der Waals surface area (Å²) in [5, 5.41) is 0. The zero-order chi connectivity index (χ0) is 23.5. The Balaban J connectivity index is 1.28. The first-order valence-corrected chi connectivity index (χ1v) is 10.7. The van der Waals surface area contributed by atoms with E-state index in [4.69, 9.17) is 9.47 Å². The molecule has 1 saturated heterocycles. The molecule has 0 unspecified atom stereocenters. The number of likely N-dealkylation sites (tertiary alicyclic amines) is 1. The molecule has 0 aliphatic carbocycles. The number of esters is 2. The van der Waals surface area contributed by atoms with Crippen LogP contribution in [0.5, 0.6) is 11.5 Å². The minimum Gasteiger partial charge on any atom is -0.492 e. The Morgan fingerprint density at radius 2 is 1.79 bits per heavy atom. The lowest BCUT2D eigenvalue weighted by atomic mass is 9.74. The summed E-state index contributed by atoms with van der Waals surface area (Å²) in [7, 11) is 0. The fraction of sp³-hybridized carbons (Fsp3) is 0.417. The quantitative estimate of drug-likeness (QED) is 0.477. The summed E-state index contributed by atoms with van der Waals surface area (Å²) in [5.41, 5.74) is 2.08. The van der Waals surface area contributed by atoms with Gasteiger partial charge in [0.1, 0.15) is 18.1 Å². The van der Waals surface area contributed by atoms with E-state index in [0.717, 1.165) is 35.5 Å². The molecule has 0 radical (unpaired) electrons. The number of rotatable bonds is 6. The van der Waals surface area contributed by atoms with E-state index in [-0.39, 0.29) is 18.4 Å². The number of hydrogen-bond donors (Lipinski definition) is 0. The largest absolute Gasteiger partial charge is 0.492 e. The fourth-order valence-electron chi connectivity index (χ4n) is 4.26. The van der Waals surface area contributed by atoms with Crippen molar-refractivity contribution in [3.8, 4) is 11.5 Å². The number of piperidine rings is 1. The van der Waals surface area contributed by atoms with Crippen LogP contribution in [0.2, 0.25) is 0 Å². The highest BCUT2D eigenvalue weighted by Crippen LogP contribution is 2.46. The highest BCUT2D eigenvalue weighted by molar-refractivity contribution is 5.88. The summed E-state index contributed by atoms with van der Waals surface area (Å²) in [6.07, 6.45) is -3.86. The van der Waals surface area contributed by atoms with Gasteiger partial charge in [-0.15, -0.1) is 0 Å². The zero-order valence-corrected chi connectivity index (χ0v) is 17.9. The smallest absolute Gasteiger partial charge is 0.491 e. The fourth-order valence-corrected chi connectivity index (χ4v) is 4.26. The number of alkyl halides is 3. The summed E-state index contributed by atoms with van der Waals surface area (Å²) in [6, 6.07) is 15.8. The van der Waals surface area contributed by atoms with Crippen LogP contribution in [-0.2, 0) is 26.3 Å². The number of ether oxygens (including phenoxy) is 3. The predicted molar refractivity (Wildman–Crippen MR) is 112 cm³/mol. The van der Waals surface area contributed by atoms with Crippen LogP contribution in [-0.4, -0.2) is 49.3 Å². The maximum atomic E-state index is 12.2. The molecule has 0 aromatic heterocycles. The molecule has 2 aliphatic heterocycles. The lowest BCUT2D eigenvalue weighted by Crippen LogP contribution is -2.44. The van der Waals surface area contributed by atoms with E-state index in [0.29, 0.717) is 26.3 Å². The molecule has 0 atom stereocenters. The SMILES string of the molecule is O=C(CCN1CCC2(CC1)COc1cc(OCc3ccccc3)ccc12)OC(=O)C(F)(F)F. The van der Waals surface area contributed by atoms with Crippen LogP contribution in [0.4, 0.5) is 13.2 Å². The second-order valence-electron chi connectivity index (χ2n) is 8.35. The lowest BCUT2D eigenvalue weighted by molar-refractivity contribution is -0.201. The third-order valence-electron chi connectivity index (χ3n) is 6.16. The van der Waals surface area contributed by atoms with Crippen molar-refractivity contribution in [3.05, 3.63) is 59.7 Å². The summed E-state index contributed by atoms with van der Waals surface area (Å²) in [6.45, 7) is 2.59. The molecule has 33 heavy (non-hydrogen) atoms. The molecule has 0 amide bonds. The van der Waals surface area contributed by atoms with E-state index in [1.807, 2.05) is 53.4 Å². The number of benzene rings is 2. The number of carbonyl (C=O) groups excluding carboxylic acids is 2. The second kappa shape index (κ2) is 9.43. The van der Waals surface area contributed by atoms with E-state index >= 15 is 0 Å². The number of halogens is 3. The van der Waals surface area contributed by atoms with Crippen molar-refractivity contribution >= 4 is 11.9 Å². The third kappa shape index (κ3) is 5.47. The van der Waals surface area contributed by atoms with E-state index in [2.05, 4.69) is 4.74 Å². The van der Waals surface area contributed by atoms with E-state index in [9.17, 15) is 22.8 Å². The van der Waals surface area contributed by atoms with Gasteiger partial charge < -0.3 is 19.1 Å². The van der Waals surface area contributed by atoms with Gasteiger partial charge in [-0.3, -0.25) is 4.79 Å². The molecule has 6 nitrogen and oxygen atoms in total. The minimum absolute atomic E-state index is 0.128. The van der Waals surface area contributed by atoms with Crippen LogP contribution < -0.4 is 9.47 Å². The van der Waals surface area contributed by atoms with Gasteiger partial charge in [-0.2, -0.15) is 13.2 Å². The van der Waals surface area contributed by atoms with Gasteiger partial charge in [-0.25, -0.2) is 4.79 Å². The molecule has 1 fully saturated rings. The Hall–Kier alpha value is -3.07. The molecule has 2 aromatic rings.